The van der Waals surface area contributed by atoms with Crippen LogP contribution in [0.2, 0.25) is 0 Å². The maximum Gasteiger partial charge on any atom is 0.145 e. The quantitative estimate of drug-likeness (QED) is 0.396. The summed E-state index contributed by atoms with van der Waals surface area (Å²) in [7, 11) is 0. The van der Waals surface area contributed by atoms with Crippen molar-refractivity contribution in [3.8, 4) is 0 Å². The van der Waals surface area contributed by atoms with Gasteiger partial charge in [0, 0.05) is 38.0 Å². The lowest BCUT2D eigenvalue weighted by Gasteiger charge is -2.44. The highest BCUT2D eigenvalue weighted by Crippen LogP contribution is 2.32. The average molecular weight is 389 g/mol. The molecule has 26 heavy (non-hydrogen) atoms. The van der Waals surface area contributed by atoms with Gasteiger partial charge in [-0.15, -0.1) is 17.3 Å². The fourth-order valence-electron chi connectivity index (χ4n) is 3.48. The van der Waals surface area contributed by atoms with Crippen LogP contribution in [0.4, 0.5) is 0 Å². The van der Waals surface area contributed by atoms with Crippen molar-refractivity contribution < 1.29 is 19.7 Å². The molecule has 0 aliphatic carbocycles. The number of hydrogen-bond donors (Lipinski definition) is 4. The topological polar surface area (TPSA) is 119 Å². The van der Waals surface area contributed by atoms with Crippen molar-refractivity contribution in [2.24, 2.45) is 5.18 Å². The minimum absolute atomic E-state index is 0.328. The van der Waals surface area contributed by atoms with Crippen LogP contribution in [0.3, 0.4) is 0 Å². The van der Waals surface area contributed by atoms with E-state index in [4.69, 9.17) is 9.47 Å². The Balaban J connectivity index is 1.65. The van der Waals surface area contributed by atoms with Crippen molar-refractivity contribution >= 4 is 11.8 Å². The second kappa shape index (κ2) is 9.31. The number of nitroso groups, excluding NO2 is 1. The second-order valence-electron chi connectivity index (χ2n) is 6.54. The molecule has 0 saturated carbocycles. The molecule has 0 aromatic rings. The van der Waals surface area contributed by atoms with Crippen LogP contribution in [0.5, 0.6) is 0 Å². The van der Waals surface area contributed by atoms with Gasteiger partial charge in [0.2, 0.25) is 0 Å². The Bertz CT molecular complexity index is 507. The Morgan fingerprint density at radius 1 is 1.42 bits per heavy atom. The van der Waals surface area contributed by atoms with Gasteiger partial charge in [-0.25, -0.2) is 0 Å². The number of nitrogens with one attached hydrogen (secondary N) is 2. The normalized spacial score (nSPS) is 35.9. The van der Waals surface area contributed by atoms with Gasteiger partial charge >= 0.3 is 0 Å². The van der Waals surface area contributed by atoms with Gasteiger partial charge in [-0.05, 0) is 6.26 Å². The largest absolute Gasteiger partial charge is 0.394 e. The predicted octanol–water partition coefficient (Wildman–Crippen LogP) is -1.18. The van der Waals surface area contributed by atoms with E-state index >= 15 is 0 Å². The molecule has 3 heterocycles. The highest BCUT2D eigenvalue weighted by molar-refractivity contribution is 7.99. The molecular weight excluding hydrogens is 362 g/mol. The van der Waals surface area contributed by atoms with Crippen LogP contribution < -0.4 is 11.0 Å². The van der Waals surface area contributed by atoms with Crippen LogP contribution in [0.15, 0.2) is 17.1 Å². The van der Waals surface area contributed by atoms with Crippen LogP contribution in [0.25, 0.3) is 0 Å². The predicted molar refractivity (Wildman–Crippen MR) is 96.7 cm³/mol. The Labute approximate surface area is 156 Å². The molecular formula is C15H27N5O5S. The lowest BCUT2D eigenvalue weighted by Crippen LogP contribution is -2.64. The van der Waals surface area contributed by atoms with E-state index in [1.165, 1.54) is 11.8 Å². The number of hydrazine groups is 2. The number of nitrogens with zero attached hydrogens (tertiary/aromatic N) is 3. The lowest BCUT2D eigenvalue weighted by molar-refractivity contribution is -0.139. The van der Waals surface area contributed by atoms with Crippen LogP contribution in [-0.4, -0.2) is 95.6 Å². The standard InChI is InChI=1S/C15H27N5O5S/c1-26-15-14(22)13(12(17-23)11(9-21)25-15)20-8-10(16-18-20)2-3-19-4-6-24-7-5-19/h8,11-16,18,21-22H,2-7,9H2,1H3. The van der Waals surface area contributed by atoms with Crippen LogP contribution in [-0.2, 0) is 9.47 Å². The smallest absolute Gasteiger partial charge is 0.145 e. The average Bonchev–Trinajstić information content (AvgIpc) is 3.15. The molecule has 3 aliphatic heterocycles. The second-order valence-corrected chi connectivity index (χ2v) is 7.48. The van der Waals surface area contributed by atoms with Gasteiger partial charge in [-0.1, -0.05) is 5.18 Å². The van der Waals surface area contributed by atoms with Crippen molar-refractivity contribution in [2.75, 3.05) is 45.7 Å². The molecule has 10 nitrogen and oxygen atoms in total. The molecule has 0 radical (unpaired) electrons. The summed E-state index contributed by atoms with van der Waals surface area (Å²) in [6, 6.07) is -1.52. The summed E-state index contributed by atoms with van der Waals surface area (Å²) in [5, 5.41) is 25.0. The Kier molecular flexibility index (Phi) is 7.09. The van der Waals surface area contributed by atoms with Gasteiger partial charge < -0.3 is 25.1 Å². The molecule has 2 fully saturated rings. The zero-order valence-electron chi connectivity index (χ0n) is 14.8. The summed E-state index contributed by atoms with van der Waals surface area (Å²) < 4.78 is 10.9. The molecule has 0 bridgehead atoms. The maximum atomic E-state index is 11.4. The van der Waals surface area contributed by atoms with Crippen LogP contribution >= 0.6 is 11.8 Å². The third-order valence-corrected chi connectivity index (χ3v) is 5.82. The molecule has 0 aromatic carbocycles. The zero-order chi connectivity index (χ0) is 18.5. The van der Waals surface area contributed by atoms with Gasteiger partial charge in [0.05, 0.1) is 19.8 Å². The molecule has 148 valence electrons. The van der Waals surface area contributed by atoms with E-state index in [1.54, 1.807) is 5.01 Å². The summed E-state index contributed by atoms with van der Waals surface area (Å²) in [5.41, 5.74) is 6.50. The molecule has 11 heteroatoms. The molecule has 3 rings (SSSR count). The minimum Gasteiger partial charge on any atom is -0.394 e. The van der Waals surface area contributed by atoms with E-state index in [9.17, 15) is 15.1 Å². The summed E-state index contributed by atoms with van der Waals surface area (Å²) in [6.07, 6.45) is 2.79. The fraction of sp³-hybridized carbons (Fsp3) is 0.867. The SMILES string of the molecule is CSC1OC(CO)C(N=O)C(N2C=C(CCN3CCOCC3)NN2)C1O. The molecule has 2 saturated heterocycles. The summed E-state index contributed by atoms with van der Waals surface area (Å²) in [4.78, 5) is 13.7. The van der Waals surface area contributed by atoms with Crippen molar-refractivity contribution in [2.45, 2.75) is 36.1 Å². The Morgan fingerprint density at radius 2 is 2.19 bits per heavy atom. The fourth-order valence-corrected chi connectivity index (χ4v) is 4.18. The first-order valence-corrected chi connectivity index (χ1v) is 10.1. The number of aliphatic hydroxyl groups excluding tert-OH is 2. The first-order valence-electron chi connectivity index (χ1n) is 8.78. The number of hydrogen-bond acceptors (Lipinski definition) is 11. The minimum atomic E-state index is -0.931. The van der Waals surface area contributed by atoms with Gasteiger partial charge in [-0.3, -0.25) is 9.91 Å². The van der Waals surface area contributed by atoms with E-state index in [0.29, 0.717) is 0 Å². The third kappa shape index (κ3) is 4.30. The van der Waals surface area contributed by atoms with E-state index in [2.05, 4.69) is 21.0 Å². The van der Waals surface area contributed by atoms with Crippen LogP contribution in [0, 0.1) is 4.91 Å². The molecule has 3 aliphatic rings. The first-order chi connectivity index (χ1) is 12.7. The van der Waals surface area contributed by atoms with Gasteiger partial charge in [0.15, 0.2) is 0 Å². The molecule has 5 unspecified atom stereocenters. The van der Waals surface area contributed by atoms with Gasteiger partial charge in [-0.2, -0.15) is 4.91 Å². The Hall–Kier alpha value is -0.950. The lowest BCUT2D eigenvalue weighted by atomic mass is 9.95. The van der Waals surface area contributed by atoms with Crippen LogP contribution in [0.1, 0.15) is 6.42 Å². The summed E-state index contributed by atoms with van der Waals surface area (Å²) in [6.45, 7) is 3.94. The molecule has 5 atom stereocenters. The highest BCUT2D eigenvalue weighted by atomic mass is 32.2. The monoisotopic (exact) mass is 389 g/mol. The molecule has 4 N–H and O–H groups in total. The number of ether oxygens (including phenoxy) is 2. The van der Waals surface area contributed by atoms with Gasteiger partial charge in [0.1, 0.15) is 29.7 Å². The summed E-state index contributed by atoms with van der Waals surface area (Å²) in [5.74, 6) is 0. The van der Waals surface area contributed by atoms with E-state index in [1.807, 2.05) is 12.5 Å². The van der Waals surface area contributed by atoms with Crippen molar-refractivity contribution in [1.82, 2.24) is 20.9 Å². The summed E-state index contributed by atoms with van der Waals surface area (Å²) >= 11 is 1.34. The van der Waals surface area contributed by atoms with Crippen molar-refractivity contribution in [3.63, 3.8) is 0 Å². The number of morpholine rings is 1. The zero-order valence-corrected chi connectivity index (χ0v) is 15.6. The third-order valence-electron chi connectivity index (χ3n) is 4.97. The van der Waals surface area contributed by atoms with E-state index in [0.717, 1.165) is 45.0 Å². The van der Waals surface area contributed by atoms with Gasteiger partial charge in [0.25, 0.3) is 0 Å². The highest BCUT2D eigenvalue weighted by Gasteiger charge is 2.49. The number of aliphatic hydroxyl groups is 2. The molecule has 0 amide bonds. The van der Waals surface area contributed by atoms with Crippen molar-refractivity contribution in [1.29, 1.82) is 0 Å². The van der Waals surface area contributed by atoms with E-state index in [-0.39, 0.29) is 6.61 Å². The van der Waals surface area contributed by atoms with E-state index < -0.39 is 29.7 Å². The Morgan fingerprint density at radius 3 is 2.85 bits per heavy atom. The van der Waals surface area contributed by atoms with Crippen molar-refractivity contribution in [3.05, 3.63) is 16.8 Å². The number of thioether (sulfide) groups is 1. The maximum absolute atomic E-state index is 11.4. The first kappa shape index (κ1) is 19.8. The molecule has 0 spiro atoms. The number of rotatable bonds is 7. The molecule has 0 aromatic heterocycles.